The summed E-state index contributed by atoms with van der Waals surface area (Å²) in [5.41, 5.74) is 2.20. The number of aliphatic hydroxyl groups excluding tert-OH is 1. The number of nitrogens with zero attached hydrogens (tertiary/aromatic N) is 2. The molecule has 1 unspecified atom stereocenters. The number of Topliss-reactive ketones (excluding diaryl/α,β-unsaturated/α-hetero) is 1. The second-order valence-corrected chi connectivity index (χ2v) is 9.33. The molecule has 2 aliphatic heterocycles. The molecule has 2 fully saturated rings. The molecule has 2 aromatic carbocycles. The van der Waals surface area contributed by atoms with Crippen molar-refractivity contribution in [3.8, 4) is 5.75 Å². The van der Waals surface area contributed by atoms with Gasteiger partial charge in [0.15, 0.2) is 0 Å². The standard InChI is InChI=1S/C26H29BrN2O5/c1-3-34-21-9-6-19(16-17(21)2)24(30)22-23(18-4-7-20(27)8-5-18)29(26(32)25(22)31)11-10-28-12-14-33-15-13-28/h4-9,16,23,30H,3,10-15H2,1-2H3/b24-22-. The Hall–Kier alpha value is -2.68. The molecule has 2 saturated heterocycles. The van der Waals surface area contributed by atoms with Crippen molar-refractivity contribution in [1.82, 2.24) is 9.80 Å². The molecule has 2 heterocycles. The predicted molar refractivity (Wildman–Crippen MR) is 133 cm³/mol. The summed E-state index contributed by atoms with van der Waals surface area (Å²) in [4.78, 5) is 30.1. The number of aryl methyl sites for hydroxylation is 1. The zero-order chi connectivity index (χ0) is 24.2. The number of ketones is 1. The van der Waals surface area contributed by atoms with Gasteiger partial charge < -0.3 is 19.5 Å². The van der Waals surface area contributed by atoms with Crippen molar-refractivity contribution in [3.05, 3.63) is 69.2 Å². The Bertz CT molecular complexity index is 1090. The lowest BCUT2D eigenvalue weighted by Gasteiger charge is -2.31. The number of hydrogen-bond donors (Lipinski definition) is 1. The highest BCUT2D eigenvalue weighted by atomic mass is 79.9. The van der Waals surface area contributed by atoms with Crippen LogP contribution in [-0.2, 0) is 14.3 Å². The number of rotatable bonds is 7. The molecule has 180 valence electrons. The number of ether oxygens (including phenoxy) is 2. The summed E-state index contributed by atoms with van der Waals surface area (Å²) in [6, 6.07) is 12.1. The molecular weight excluding hydrogens is 500 g/mol. The molecule has 2 aliphatic rings. The molecule has 1 N–H and O–H groups in total. The highest BCUT2D eigenvalue weighted by Crippen LogP contribution is 2.40. The summed E-state index contributed by atoms with van der Waals surface area (Å²) in [5, 5.41) is 11.3. The van der Waals surface area contributed by atoms with E-state index in [9.17, 15) is 14.7 Å². The highest BCUT2D eigenvalue weighted by Gasteiger charge is 2.46. The van der Waals surface area contributed by atoms with Crippen LogP contribution in [0.15, 0.2) is 52.5 Å². The van der Waals surface area contributed by atoms with Crippen molar-refractivity contribution in [1.29, 1.82) is 0 Å². The van der Waals surface area contributed by atoms with Gasteiger partial charge in [-0.2, -0.15) is 0 Å². The summed E-state index contributed by atoms with van der Waals surface area (Å²) in [5.74, 6) is -0.718. The van der Waals surface area contributed by atoms with Crippen molar-refractivity contribution >= 4 is 33.4 Å². The third kappa shape index (κ3) is 5.04. The molecule has 0 aliphatic carbocycles. The maximum atomic E-state index is 13.2. The topological polar surface area (TPSA) is 79.3 Å². The van der Waals surface area contributed by atoms with E-state index >= 15 is 0 Å². The van der Waals surface area contributed by atoms with Crippen molar-refractivity contribution < 1.29 is 24.2 Å². The second kappa shape index (κ2) is 10.7. The summed E-state index contributed by atoms with van der Waals surface area (Å²) in [6.45, 7) is 8.23. The molecule has 7 nitrogen and oxygen atoms in total. The Labute approximate surface area is 208 Å². The average Bonchev–Trinajstić information content (AvgIpc) is 3.09. The van der Waals surface area contributed by atoms with Gasteiger partial charge >= 0.3 is 0 Å². The van der Waals surface area contributed by atoms with Crippen molar-refractivity contribution in [3.63, 3.8) is 0 Å². The van der Waals surface area contributed by atoms with Crippen LogP contribution >= 0.6 is 15.9 Å². The molecule has 8 heteroatoms. The van der Waals surface area contributed by atoms with Gasteiger partial charge in [0.2, 0.25) is 0 Å². The van der Waals surface area contributed by atoms with E-state index in [1.54, 1.807) is 23.1 Å². The van der Waals surface area contributed by atoms with Gasteiger partial charge in [-0.1, -0.05) is 28.1 Å². The van der Waals surface area contributed by atoms with Crippen LogP contribution in [0, 0.1) is 6.92 Å². The normalized spacial score (nSPS) is 20.7. The Balaban J connectivity index is 1.73. The quantitative estimate of drug-likeness (QED) is 0.333. The van der Waals surface area contributed by atoms with Crippen LogP contribution in [0.3, 0.4) is 0 Å². The minimum atomic E-state index is -0.668. The SMILES string of the molecule is CCOc1ccc(/C(O)=C2/C(=O)C(=O)N(CCN3CCOCC3)C2c2ccc(Br)cc2)cc1C. The molecule has 34 heavy (non-hydrogen) atoms. The smallest absolute Gasteiger partial charge is 0.295 e. The van der Waals surface area contributed by atoms with E-state index in [0.29, 0.717) is 38.5 Å². The number of carbonyl (C=O) groups excluding carboxylic acids is 2. The molecular formula is C26H29BrN2O5. The number of morpholine rings is 1. The van der Waals surface area contributed by atoms with Crippen LogP contribution in [0.1, 0.15) is 29.7 Å². The van der Waals surface area contributed by atoms with Gasteiger partial charge in [-0.3, -0.25) is 14.5 Å². The van der Waals surface area contributed by atoms with Gasteiger partial charge in [0.1, 0.15) is 11.5 Å². The number of aliphatic hydroxyl groups is 1. The third-order valence-corrected chi connectivity index (χ3v) is 6.76. The second-order valence-electron chi connectivity index (χ2n) is 8.41. The molecule has 2 aromatic rings. The number of hydrogen-bond acceptors (Lipinski definition) is 6. The molecule has 0 spiro atoms. The minimum absolute atomic E-state index is 0.109. The molecule has 1 amide bonds. The van der Waals surface area contributed by atoms with E-state index in [4.69, 9.17) is 9.47 Å². The lowest BCUT2D eigenvalue weighted by Crippen LogP contribution is -2.42. The fraction of sp³-hybridized carbons (Fsp3) is 0.385. The fourth-order valence-corrected chi connectivity index (χ4v) is 4.71. The molecule has 0 radical (unpaired) electrons. The number of halogens is 1. The van der Waals surface area contributed by atoms with Crippen LogP contribution in [0.2, 0.25) is 0 Å². The number of carbonyl (C=O) groups is 2. The lowest BCUT2D eigenvalue weighted by atomic mass is 9.95. The number of amides is 1. The molecule has 4 rings (SSSR count). The summed E-state index contributed by atoms with van der Waals surface area (Å²) >= 11 is 3.44. The third-order valence-electron chi connectivity index (χ3n) is 6.23. The Morgan fingerprint density at radius 1 is 1.12 bits per heavy atom. The lowest BCUT2D eigenvalue weighted by molar-refractivity contribution is -0.140. The van der Waals surface area contributed by atoms with E-state index in [2.05, 4.69) is 20.8 Å². The zero-order valence-electron chi connectivity index (χ0n) is 19.4. The van der Waals surface area contributed by atoms with E-state index in [-0.39, 0.29) is 11.3 Å². The van der Waals surface area contributed by atoms with Gasteiger partial charge in [-0.15, -0.1) is 0 Å². The highest BCUT2D eigenvalue weighted by molar-refractivity contribution is 9.10. The van der Waals surface area contributed by atoms with Gasteiger partial charge in [-0.05, 0) is 55.3 Å². The summed E-state index contributed by atoms with van der Waals surface area (Å²) in [6.07, 6.45) is 0. The Morgan fingerprint density at radius 3 is 2.47 bits per heavy atom. The van der Waals surface area contributed by atoms with Crippen molar-refractivity contribution in [2.45, 2.75) is 19.9 Å². The maximum absolute atomic E-state index is 13.2. The maximum Gasteiger partial charge on any atom is 0.295 e. The first-order valence-electron chi connectivity index (χ1n) is 11.5. The van der Waals surface area contributed by atoms with Gasteiger partial charge in [0.05, 0.1) is 31.4 Å². The number of benzene rings is 2. The van der Waals surface area contributed by atoms with Crippen LogP contribution in [0.5, 0.6) is 5.75 Å². The first kappa shape index (κ1) is 24.4. The number of likely N-dealkylation sites (tertiary alicyclic amines) is 1. The van der Waals surface area contributed by atoms with Crippen LogP contribution in [0.25, 0.3) is 5.76 Å². The van der Waals surface area contributed by atoms with Crippen LogP contribution in [-0.4, -0.2) is 72.6 Å². The van der Waals surface area contributed by atoms with Crippen molar-refractivity contribution in [2.24, 2.45) is 0 Å². The molecule has 0 saturated carbocycles. The van der Waals surface area contributed by atoms with Gasteiger partial charge in [0, 0.05) is 36.2 Å². The van der Waals surface area contributed by atoms with Crippen LogP contribution < -0.4 is 4.74 Å². The first-order valence-corrected chi connectivity index (χ1v) is 12.3. The Morgan fingerprint density at radius 2 is 1.82 bits per heavy atom. The van der Waals surface area contributed by atoms with E-state index in [0.717, 1.165) is 34.4 Å². The van der Waals surface area contributed by atoms with E-state index in [1.807, 2.05) is 38.1 Å². The first-order chi connectivity index (χ1) is 16.4. The van der Waals surface area contributed by atoms with Crippen molar-refractivity contribution in [2.75, 3.05) is 46.0 Å². The molecule has 0 aromatic heterocycles. The fourth-order valence-electron chi connectivity index (χ4n) is 4.45. The van der Waals surface area contributed by atoms with E-state index in [1.165, 1.54) is 0 Å². The summed E-state index contributed by atoms with van der Waals surface area (Å²) < 4.78 is 11.9. The minimum Gasteiger partial charge on any atom is -0.507 e. The largest absolute Gasteiger partial charge is 0.507 e. The van der Waals surface area contributed by atoms with Gasteiger partial charge in [-0.25, -0.2) is 0 Å². The zero-order valence-corrected chi connectivity index (χ0v) is 21.0. The molecule has 0 bridgehead atoms. The monoisotopic (exact) mass is 528 g/mol. The summed E-state index contributed by atoms with van der Waals surface area (Å²) in [7, 11) is 0. The Kier molecular flexibility index (Phi) is 7.70. The molecule has 1 atom stereocenters. The average molecular weight is 529 g/mol. The van der Waals surface area contributed by atoms with Crippen LogP contribution in [0.4, 0.5) is 0 Å². The van der Waals surface area contributed by atoms with Gasteiger partial charge in [0.25, 0.3) is 11.7 Å². The van der Waals surface area contributed by atoms with E-state index < -0.39 is 17.7 Å². The predicted octanol–water partition coefficient (Wildman–Crippen LogP) is 3.91.